The van der Waals surface area contributed by atoms with E-state index in [2.05, 4.69) is 29.2 Å². The van der Waals surface area contributed by atoms with Crippen LogP contribution in [0.2, 0.25) is 5.02 Å². The number of para-hydroxylation sites is 1. The van der Waals surface area contributed by atoms with Gasteiger partial charge in [-0.2, -0.15) is 0 Å². The fraction of sp³-hybridized carbons (Fsp3) is 0.0952. The first kappa shape index (κ1) is 16.4. The Labute approximate surface area is 158 Å². The van der Waals surface area contributed by atoms with Crippen molar-refractivity contribution >= 4 is 36.9 Å². The molecule has 0 saturated carbocycles. The summed E-state index contributed by atoms with van der Waals surface area (Å²) in [5, 5.41) is 0.686. The predicted molar refractivity (Wildman–Crippen MR) is 103 cm³/mol. The molecule has 1 saturated heterocycles. The molecule has 0 amide bonds. The van der Waals surface area contributed by atoms with E-state index in [-0.39, 0.29) is 25.9 Å². The van der Waals surface area contributed by atoms with Crippen molar-refractivity contribution in [2.45, 2.75) is 11.0 Å². The number of benzene rings is 3. The van der Waals surface area contributed by atoms with Crippen molar-refractivity contribution in [2.24, 2.45) is 0 Å². The van der Waals surface area contributed by atoms with Gasteiger partial charge in [-0.25, -0.2) is 0 Å². The van der Waals surface area contributed by atoms with Crippen molar-refractivity contribution in [3.63, 3.8) is 0 Å². The first-order valence-corrected chi connectivity index (χ1v) is 10.3. The Kier molecular flexibility index (Phi) is 4.63. The SMILES string of the molecule is O=C1[Se]C(c2ccccc2)N(c2ccccc2)C1c1ccc(Cl)cc1. The second-order valence-corrected chi connectivity index (χ2v) is 8.61. The van der Waals surface area contributed by atoms with Crippen LogP contribution in [-0.4, -0.2) is 19.6 Å². The quantitative estimate of drug-likeness (QED) is 0.574. The molecule has 4 heteroatoms. The maximum atomic E-state index is 13.0. The van der Waals surface area contributed by atoms with Crippen LogP contribution in [0.5, 0.6) is 0 Å². The second-order valence-electron chi connectivity index (χ2n) is 5.90. The molecule has 1 fully saturated rings. The van der Waals surface area contributed by atoms with Crippen LogP contribution >= 0.6 is 11.6 Å². The molecule has 124 valence electrons. The number of carbonyl (C=O) groups excluding carboxylic acids is 1. The van der Waals surface area contributed by atoms with Crippen LogP contribution in [0, 0.1) is 0 Å². The molecule has 2 nitrogen and oxygen atoms in total. The molecule has 1 heterocycles. The molecule has 3 aromatic rings. The van der Waals surface area contributed by atoms with Crippen LogP contribution in [0.3, 0.4) is 0 Å². The zero-order valence-electron chi connectivity index (χ0n) is 13.4. The van der Waals surface area contributed by atoms with E-state index in [1.165, 1.54) is 5.56 Å². The average Bonchev–Trinajstić information content (AvgIpc) is 3.01. The number of halogens is 1. The van der Waals surface area contributed by atoms with Gasteiger partial charge in [0.15, 0.2) is 0 Å². The molecule has 0 aromatic heterocycles. The van der Waals surface area contributed by atoms with E-state index in [0.717, 1.165) is 11.3 Å². The molecular formula is C21H16ClNOSe. The molecule has 0 spiro atoms. The summed E-state index contributed by atoms with van der Waals surface area (Å²) in [7, 11) is 0. The third-order valence-electron chi connectivity index (χ3n) is 4.31. The number of anilines is 1. The van der Waals surface area contributed by atoms with Gasteiger partial charge < -0.3 is 0 Å². The fourth-order valence-corrected chi connectivity index (χ4v) is 5.90. The van der Waals surface area contributed by atoms with E-state index in [4.69, 9.17) is 11.6 Å². The third kappa shape index (κ3) is 3.23. The molecule has 0 radical (unpaired) electrons. The van der Waals surface area contributed by atoms with Crippen molar-refractivity contribution < 1.29 is 4.79 Å². The van der Waals surface area contributed by atoms with Gasteiger partial charge in [0.2, 0.25) is 0 Å². The first-order valence-electron chi connectivity index (χ1n) is 8.08. The zero-order valence-corrected chi connectivity index (χ0v) is 15.8. The van der Waals surface area contributed by atoms with Crippen LogP contribution in [-0.2, 0) is 4.79 Å². The topological polar surface area (TPSA) is 20.3 Å². The van der Waals surface area contributed by atoms with Crippen LogP contribution in [0.25, 0.3) is 0 Å². The van der Waals surface area contributed by atoms with Gasteiger partial charge in [-0.3, -0.25) is 0 Å². The summed E-state index contributed by atoms with van der Waals surface area (Å²) >= 11 is 5.89. The third-order valence-corrected chi connectivity index (χ3v) is 7.03. The summed E-state index contributed by atoms with van der Waals surface area (Å²) in [5.41, 5.74) is 3.26. The summed E-state index contributed by atoms with van der Waals surface area (Å²) in [6.07, 6.45) is 0. The minimum absolute atomic E-state index is 0.101. The van der Waals surface area contributed by atoms with E-state index < -0.39 is 0 Å². The molecule has 2 unspecified atom stereocenters. The van der Waals surface area contributed by atoms with E-state index >= 15 is 0 Å². The Bertz CT molecular complexity index is 867. The predicted octanol–water partition coefficient (Wildman–Crippen LogP) is 4.83. The minimum atomic E-state index is -0.259. The van der Waals surface area contributed by atoms with Gasteiger partial charge in [-0.1, -0.05) is 0 Å². The molecule has 1 aliphatic heterocycles. The first-order chi connectivity index (χ1) is 12.2. The summed E-state index contributed by atoms with van der Waals surface area (Å²) in [6, 6.07) is 27.9. The molecule has 2 atom stereocenters. The van der Waals surface area contributed by atoms with Crippen molar-refractivity contribution in [3.05, 3.63) is 101 Å². The summed E-state index contributed by atoms with van der Waals surface area (Å²) in [4.78, 5) is 15.3. The van der Waals surface area contributed by atoms with Gasteiger partial charge in [0, 0.05) is 0 Å². The van der Waals surface area contributed by atoms with Crippen LogP contribution < -0.4 is 4.90 Å². The summed E-state index contributed by atoms with van der Waals surface area (Å²) in [6.45, 7) is 0. The average molecular weight is 413 g/mol. The van der Waals surface area contributed by atoms with Crippen LogP contribution in [0.15, 0.2) is 84.9 Å². The molecule has 3 aromatic carbocycles. The van der Waals surface area contributed by atoms with E-state index in [9.17, 15) is 4.79 Å². The summed E-state index contributed by atoms with van der Waals surface area (Å²) in [5.74, 6) is 0. The molecular weight excluding hydrogens is 397 g/mol. The Hall–Kier alpha value is -2.06. The summed E-state index contributed by atoms with van der Waals surface area (Å²) < 4.78 is 0.299. The van der Waals surface area contributed by atoms with Gasteiger partial charge in [-0.15, -0.1) is 0 Å². The number of rotatable bonds is 3. The fourth-order valence-electron chi connectivity index (χ4n) is 3.15. The van der Waals surface area contributed by atoms with Crippen molar-refractivity contribution in [3.8, 4) is 0 Å². The standard InChI is InChI=1S/C21H16ClNOSe/c22-17-13-11-15(12-14-17)19-21(24)25-20(16-7-3-1-4-8-16)23(19)18-9-5-2-6-10-18/h1-14,19-20H. The van der Waals surface area contributed by atoms with E-state index in [1.54, 1.807) is 0 Å². The molecule has 0 N–H and O–H groups in total. The molecule has 4 rings (SSSR count). The number of carbonyl (C=O) groups is 1. The monoisotopic (exact) mass is 413 g/mol. The number of hydrogen-bond acceptors (Lipinski definition) is 2. The molecule has 25 heavy (non-hydrogen) atoms. The maximum absolute atomic E-state index is 13.0. The van der Waals surface area contributed by atoms with E-state index in [1.807, 2.05) is 60.7 Å². The van der Waals surface area contributed by atoms with Crippen molar-refractivity contribution in [1.29, 1.82) is 0 Å². The van der Waals surface area contributed by atoms with Crippen molar-refractivity contribution in [2.75, 3.05) is 4.90 Å². The number of nitrogens with zero attached hydrogens (tertiary/aromatic N) is 1. The van der Waals surface area contributed by atoms with Gasteiger partial charge >= 0.3 is 159 Å². The van der Waals surface area contributed by atoms with Gasteiger partial charge in [-0.05, 0) is 0 Å². The molecule has 0 aliphatic carbocycles. The van der Waals surface area contributed by atoms with E-state index in [0.29, 0.717) is 9.70 Å². The zero-order chi connectivity index (χ0) is 17.2. The Morgan fingerprint density at radius 1 is 0.760 bits per heavy atom. The normalized spacial score (nSPS) is 20.0. The van der Waals surface area contributed by atoms with Crippen molar-refractivity contribution in [1.82, 2.24) is 0 Å². The van der Waals surface area contributed by atoms with Gasteiger partial charge in [0.05, 0.1) is 0 Å². The molecule has 1 aliphatic rings. The molecule has 0 bridgehead atoms. The van der Waals surface area contributed by atoms with Gasteiger partial charge in [0.25, 0.3) is 0 Å². The van der Waals surface area contributed by atoms with Crippen LogP contribution in [0.1, 0.15) is 22.1 Å². The Morgan fingerprint density at radius 3 is 2.00 bits per heavy atom. The number of hydrogen-bond donors (Lipinski definition) is 0. The van der Waals surface area contributed by atoms with Crippen LogP contribution in [0.4, 0.5) is 5.69 Å². The second kappa shape index (κ2) is 7.05. The Balaban J connectivity index is 1.82. The van der Waals surface area contributed by atoms with Gasteiger partial charge in [0.1, 0.15) is 0 Å². The Morgan fingerprint density at radius 2 is 1.36 bits per heavy atom.